The average Bonchev–Trinajstić information content (AvgIpc) is 3.26. The molecule has 0 saturated carbocycles. The third-order valence-electron chi connectivity index (χ3n) is 4.99. The van der Waals surface area contributed by atoms with Crippen LogP contribution < -0.4 is 15.8 Å². The summed E-state index contributed by atoms with van der Waals surface area (Å²) in [5.41, 5.74) is 1.02. The number of aryl methyl sites for hydroxylation is 1. The number of benzene rings is 1. The van der Waals surface area contributed by atoms with Crippen molar-refractivity contribution in [2.45, 2.75) is 32.4 Å². The van der Waals surface area contributed by atoms with Crippen LogP contribution >= 0.6 is 11.3 Å². The van der Waals surface area contributed by atoms with E-state index >= 15 is 0 Å². The Labute approximate surface area is 197 Å². The summed E-state index contributed by atoms with van der Waals surface area (Å²) in [6, 6.07) is 6.98. The van der Waals surface area contributed by atoms with Crippen LogP contribution in [0.25, 0.3) is 10.9 Å². The van der Waals surface area contributed by atoms with Crippen molar-refractivity contribution < 1.29 is 29.0 Å². The van der Waals surface area contributed by atoms with Gasteiger partial charge in [-0.1, -0.05) is 6.07 Å². The molecule has 1 aromatic carbocycles. The van der Waals surface area contributed by atoms with Crippen molar-refractivity contribution >= 4 is 45.1 Å². The molecule has 1 amide bonds. The zero-order valence-electron chi connectivity index (χ0n) is 18.2. The highest BCUT2D eigenvalue weighted by molar-refractivity contribution is 7.18. The van der Waals surface area contributed by atoms with Crippen molar-refractivity contribution in [1.29, 1.82) is 0 Å². The number of hydrogen-bond acceptors (Lipinski definition) is 7. The Morgan fingerprint density at radius 1 is 1.24 bits per heavy atom. The van der Waals surface area contributed by atoms with Gasteiger partial charge in [-0.05, 0) is 43.2 Å². The van der Waals surface area contributed by atoms with E-state index in [0.29, 0.717) is 21.7 Å². The number of aliphatic carboxylic acids is 2. The standard InChI is InChI=1S/C22H23FN4O6S/c1-12-24-15-3-2-13(10-14(15)20(30)25-12)11-27(9-8-23)18-6-5-17(34-18)21(31)26-16(22(32)33)4-7-19(28)29/h2-3,5-6,10,16H,4,7-9,11H2,1H3,(H,26,31)(H,28,29)(H,32,33)(H,24,25,30)/t16-/m0/s1. The fraction of sp³-hybridized carbons (Fsp3) is 0.318. The minimum atomic E-state index is -1.34. The van der Waals surface area contributed by atoms with Crippen molar-refractivity contribution in [1.82, 2.24) is 15.3 Å². The van der Waals surface area contributed by atoms with Crippen LogP contribution in [0, 0.1) is 6.92 Å². The SMILES string of the molecule is Cc1nc2ccc(CN(CCF)c3ccc(C(=O)N[C@@H](CCC(=O)O)C(=O)O)s3)cc2c(=O)[nH]1. The Balaban J connectivity index is 1.77. The summed E-state index contributed by atoms with van der Waals surface area (Å²) in [5.74, 6) is -2.65. The predicted molar refractivity (Wildman–Crippen MR) is 124 cm³/mol. The molecule has 0 aliphatic heterocycles. The number of thiophene rings is 1. The Morgan fingerprint density at radius 3 is 2.68 bits per heavy atom. The molecule has 12 heteroatoms. The Hall–Kier alpha value is -3.80. The fourth-order valence-corrected chi connectivity index (χ4v) is 4.30. The molecule has 2 heterocycles. The Bertz CT molecular complexity index is 1270. The highest BCUT2D eigenvalue weighted by atomic mass is 32.1. The van der Waals surface area contributed by atoms with E-state index in [1.54, 1.807) is 36.1 Å². The van der Waals surface area contributed by atoms with Gasteiger partial charge in [-0.15, -0.1) is 11.3 Å². The summed E-state index contributed by atoms with van der Waals surface area (Å²) in [4.78, 5) is 55.7. The summed E-state index contributed by atoms with van der Waals surface area (Å²) < 4.78 is 13.3. The van der Waals surface area contributed by atoms with Crippen molar-refractivity contribution in [3.63, 3.8) is 0 Å². The molecule has 0 bridgehead atoms. The number of carbonyl (C=O) groups excluding carboxylic acids is 1. The second-order valence-electron chi connectivity index (χ2n) is 7.55. The molecule has 0 spiro atoms. The van der Waals surface area contributed by atoms with Crippen molar-refractivity contribution in [3.8, 4) is 0 Å². The highest BCUT2D eigenvalue weighted by Gasteiger charge is 2.23. The minimum absolute atomic E-state index is 0.0402. The van der Waals surface area contributed by atoms with Gasteiger partial charge in [0.1, 0.15) is 18.5 Å². The number of H-pyrrole nitrogens is 1. The Kier molecular flexibility index (Phi) is 7.95. The molecular formula is C22H23FN4O6S. The number of alkyl halides is 1. The number of rotatable bonds is 11. The summed E-state index contributed by atoms with van der Waals surface area (Å²) in [6.07, 6.45) is -0.654. The minimum Gasteiger partial charge on any atom is -0.481 e. The first-order valence-electron chi connectivity index (χ1n) is 10.3. The van der Waals surface area contributed by atoms with Crippen LogP contribution in [0.2, 0.25) is 0 Å². The number of anilines is 1. The number of aromatic nitrogens is 2. The molecular weight excluding hydrogens is 467 g/mol. The van der Waals surface area contributed by atoms with E-state index in [0.717, 1.165) is 16.9 Å². The monoisotopic (exact) mass is 490 g/mol. The van der Waals surface area contributed by atoms with Crippen LogP contribution in [0.3, 0.4) is 0 Å². The quantitative estimate of drug-likeness (QED) is 0.319. The zero-order valence-corrected chi connectivity index (χ0v) is 19.0. The zero-order chi connectivity index (χ0) is 24.8. The number of fused-ring (bicyclic) bond motifs is 1. The average molecular weight is 491 g/mol. The van der Waals surface area contributed by atoms with Gasteiger partial charge >= 0.3 is 11.9 Å². The van der Waals surface area contributed by atoms with Gasteiger partial charge in [0.25, 0.3) is 11.5 Å². The summed E-state index contributed by atoms with van der Waals surface area (Å²) in [5, 5.41) is 21.3. The summed E-state index contributed by atoms with van der Waals surface area (Å²) >= 11 is 1.05. The first-order chi connectivity index (χ1) is 16.2. The van der Waals surface area contributed by atoms with E-state index in [4.69, 9.17) is 5.11 Å². The van der Waals surface area contributed by atoms with Crippen molar-refractivity contribution in [2.24, 2.45) is 0 Å². The molecule has 0 aliphatic rings. The normalized spacial score (nSPS) is 11.8. The van der Waals surface area contributed by atoms with E-state index in [-0.39, 0.29) is 29.9 Å². The van der Waals surface area contributed by atoms with Crippen LogP contribution in [0.1, 0.15) is 33.9 Å². The summed E-state index contributed by atoms with van der Waals surface area (Å²) in [7, 11) is 0. The lowest BCUT2D eigenvalue weighted by Crippen LogP contribution is -2.40. The molecule has 10 nitrogen and oxygen atoms in total. The fourth-order valence-electron chi connectivity index (χ4n) is 3.36. The maximum Gasteiger partial charge on any atom is 0.326 e. The lowest BCUT2D eigenvalue weighted by Gasteiger charge is -2.22. The molecule has 0 radical (unpaired) electrons. The Morgan fingerprint density at radius 2 is 2.00 bits per heavy atom. The first kappa shape index (κ1) is 24.8. The molecule has 3 rings (SSSR count). The molecule has 0 aliphatic carbocycles. The molecule has 1 atom stereocenters. The molecule has 3 aromatic rings. The molecule has 0 fully saturated rings. The van der Waals surface area contributed by atoms with Gasteiger partial charge in [0, 0.05) is 19.5 Å². The number of aromatic amines is 1. The number of amides is 1. The molecule has 4 N–H and O–H groups in total. The van der Waals surface area contributed by atoms with Crippen LogP contribution in [0.5, 0.6) is 0 Å². The van der Waals surface area contributed by atoms with Gasteiger partial charge < -0.3 is 25.4 Å². The molecule has 2 aromatic heterocycles. The second kappa shape index (κ2) is 10.9. The highest BCUT2D eigenvalue weighted by Crippen LogP contribution is 2.28. The number of nitrogens with zero attached hydrogens (tertiary/aromatic N) is 2. The lowest BCUT2D eigenvalue weighted by molar-refractivity contribution is -0.140. The molecule has 0 unspecified atom stereocenters. The lowest BCUT2D eigenvalue weighted by atomic mass is 10.1. The van der Waals surface area contributed by atoms with Gasteiger partial charge in [0.05, 0.1) is 20.8 Å². The summed E-state index contributed by atoms with van der Waals surface area (Å²) in [6.45, 7) is 1.35. The van der Waals surface area contributed by atoms with Gasteiger partial charge in [0.15, 0.2) is 0 Å². The van der Waals surface area contributed by atoms with E-state index < -0.39 is 37.0 Å². The number of carboxylic acid groups (broad SMARTS) is 2. The molecule has 34 heavy (non-hydrogen) atoms. The number of carbonyl (C=O) groups is 3. The van der Waals surface area contributed by atoms with Crippen LogP contribution in [0.15, 0.2) is 35.1 Å². The number of hydrogen-bond donors (Lipinski definition) is 4. The van der Waals surface area contributed by atoms with Crippen molar-refractivity contribution in [3.05, 3.63) is 57.0 Å². The third-order valence-corrected chi connectivity index (χ3v) is 6.14. The number of carboxylic acids is 2. The van der Waals surface area contributed by atoms with Gasteiger partial charge in [-0.2, -0.15) is 0 Å². The second-order valence-corrected chi connectivity index (χ2v) is 8.61. The van der Waals surface area contributed by atoms with Crippen LogP contribution in [-0.2, 0) is 16.1 Å². The van der Waals surface area contributed by atoms with E-state index in [1.807, 2.05) is 0 Å². The van der Waals surface area contributed by atoms with Crippen molar-refractivity contribution in [2.75, 3.05) is 18.1 Å². The van der Waals surface area contributed by atoms with Gasteiger partial charge in [0.2, 0.25) is 0 Å². The number of halogens is 1. The topological polar surface area (TPSA) is 153 Å². The van der Waals surface area contributed by atoms with Gasteiger partial charge in [-0.25, -0.2) is 14.2 Å². The maximum atomic E-state index is 13.3. The van der Waals surface area contributed by atoms with Crippen LogP contribution in [-0.4, -0.2) is 57.3 Å². The molecule has 180 valence electrons. The van der Waals surface area contributed by atoms with E-state index in [9.17, 15) is 28.7 Å². The number of nitrogens with one attached hydrogen (secondary N) is 2. The predicted octanol–water partition coefficient (Wildman–Crippen LogP) is 2.32. The molecule has 0 saturated heterocycles. The van der Waals surface area contributed by atoms with Crippen LogP contribution in [0.4, 0.5) is 9.39 Å². The van der Waals surface area contributed by atoms with E-state index in [1.165, 1.54) is 6.07 Å². The smallest absolute Gasteiger partial charge is 0.326 e. The first-order valence-corrected chi connectivity index (χ1v) is 11.2. The maximum absolute atomic E-state index is 13.3. The van der Waals surface area contributed by atoms with Gasteiger partial charge in [-0.3, -0.25) is 14.4 Å². The van der Waals surface area contributed by atoms with E-state index in [2.05, 4.69) is 15.3 Å². The largest absolute Gasteiger partial charge is 0.481 e. The third kappa shape index (κ3) is 6.16.